The van der Waals surface area contributed by atoms with E-state index in [1.807, 2.05) is 54.8 Å². The van der Waals surface area contributed by atoms with Crippen LogP contribution in [0.4, 0.5) is 0 Å². The first kappa shape index (κ1) is 19.2. The number of benzene rings is 2. The fourth-order valence-corrected chi connectivity index (χ4v) is 4.42. The fraction of sp³-hybridized carbons (Fsp3) is 0.348. The van der Waals surface area contributed by atoms with Crippen molar-refractivity contribution in [3.05, 3.63) is 58.8 Å². The van der Waals surface area contributed by atoms with Gasteiger partial charge in [0.2, 0.25) is 5.91 Å². The highest BCUT2D eigenvalue weighted by molar-refractivity contribution is 5.95. The molecule has 1 aliphatic heterocycles. The van der Waals surface area contributed by atoms with E-state index < -0.39 is 11.4 Å². The molecule has 3 aromatic rings. The van der Waals surface area contributed by atoms with Crippen LogP contribution in [0.25, 0.3) is 21.8 Å². The van der Waals surface area contributed by atoms with Crippen LogP contribution in [0.1, 0.15) is 20.3 Å². The zero-order valence-corrected chi connectivity index (χ0v) is 16.6. The highest BCUT2D eigenvalue weighted by atomic mass is 16.4. The molecule has 6 nitrogen and oxygen atoms in total. The molecule has 1 saturated heterocycles. The second-order valence-corrected chi connectivity index (χ2v) is 8.13. The number of para-hydroxylation sites is 2. The van der Waals surface area contributed by atoms with Crippen molar-refractivity contribution >= 4 is 33.7 Å². The van der Waals surface area contributed by atoms with E-state index in [2.05, 4.69) is 0 Å². The van der Waals surface area contributed by atoms with Gasteiger partial charge in [0.25, 0.3) is 0 Å². The van der Waals surface area contributed by atoms with Crippen LogP contribution < -0.4 is 5.43 Å². The Labute approximate surface area is 168 Å². The van der Waals surface area contributed by atoms with E-state index in [1.165, 1.54) is 0 Å². The topological polar surface area (TPSA) is 79.6 Å². The summed E-state index contributed by atoms with van der Waals surface area (Å²) in [4.78, 5) is 39.5. The molecule has 2 heterocycles. The van der Waals surface area contributed by atoms with Crippen molar-refractivity contribution in [2.75, 3.05) is 13.1 Å². The van der Waals surface area contributed by atoms with E-state index in [4.69, 9.17) is 0 Å². The molecule has 4 rings (SSSR count). The standard InChI is InChI=1S/C23H24N2O4/c1-15(2)23(22(28)29)11-12-24(14-23)20(26)13-25-18-9-5-3-7-16(18)21(27)17-8-4-6-10-19(17)25/h3-10,15H,11-14H2,1-2H3,(H,28,29). The number of carboxylic acids is 1. The average molecular weight is 392 g/mol. The quantitative estimate of drug-likeness (QED) is 0.692. The first-order chi connectivity index (χ1) is 13.8. The van der Waals surface area contributed by atoms with Gasteiger partial charge in [0.15, 0.2) is 5.43 Å². The van der Waals surface area contributed by atoms with Gasteiger partial charge in [-0.05, 0) is 36.6 Å². The summed E-state index contributed by atoms with van der Waals surface area (Å²) in [7, 11) is 0. The summed E-state index contributed by atoms with van der Waals surface area (Å²) in [6, 6.07) is 14.6. The first-order valence-electron chi connectivity index (χ1n) is 9.86. The van der Waals surface area contributed by atoms with E-state index in [0.29, 0.717) is 34.8 Å². The Bertz CT molecular complexity index is 1120. The number of amides is 1. The van der Waals surface area contributed by atoms with Crippen LogP contribution in [0.15, 0.2) is 53.3 Å². The number of carbonyl (C=O) groups excluding carboxylic acids is 1. The van der Waals surface area contributed by atoms with Crippen LogP contribution in [0.3, 0.4) is 0 Å². The predicted octanol–water partition coefficient (Wildman–Crippen LogP) is 3.11. The van der Waals surface area contributed by atoms with Crippen LogP contribution in [0, 0.1) is 11.3 Å². The van der Waals surface area contributed by atoms with Gasteiger partial charge >= 0.3 is 5.97 Å². The summed E-state index contributed by atoms with van der Waals surface area (Å²) < 4.78 is 1.87. The summed E-state index contributed by atoms with van der Waals surface area (Å²) in [5.74, 6) is -1.04. The van der Waals surface area contributed by atoms with Gasteiger partial charge in [0, 0.05) is 23.9 Å². The number of rotatable bonds is 4. The zero-order valence-electron chi connectivity index (χ0n) is 16.6. The highest BCUT2D eigenvalue weighted by Gasteiger charge is 2.48. The van der Waals surface area contributed by atoms with Crippen LogP contribution >= 0.6 is 0 Å². The van der Waals surface area contributed by atoms with Crippen molar-refractivity contribution in [1.82, 2.24) is 9.47 Å². The molecule has 1 fully saturated rings. The van der Waals surface area contributed by atoms with Crippen molar-refractivity contribution in [2.24, 2.45) is 11.3 Å². The third-order valence-corrected chi connectivity index (χ3v) is 6.36. The summed E-state index contributed by atoms with van der Waals surface area (Å²) in [5.41, 5.74) is 0.462. The molecule has 0 spiro atoms. The average Bonchev–Trinajstić information content (AvgIpc) is 3.18. The number of nitrogens with zero attached hydrogens (tertiary/aromatic N) is 2. The van der Waals surface area contributed by atoms with E-state index in [0.717, 1.165) is 0 Å². The molecule has 0 aliphatic carbocycles. The highest BCUT2D eigenvalue weighted by Crippen LogP contribution is 2.38. The molecule has 0 radical (unpaired) electrons. The maximum atomic E-state index is 13.2. The monoisotopic (exact) mass is 392 g/mol. The molecule has 1 aromatic heterocycles. The molecule has 2 aromatic carbocycles. The van der Waals surface area contributed by atoms with Crippen molar-refractivity contribution in [3.8, 4) is 0 Å². The number of aliphatic carboxylic acids is 1. The summed E-state index contributed by atoms with van der Waals surface area (Å²) in [5, 5.41) is 10.9. The first-order valence-corrected chi connectivity index (χ1v) is 9.86. The minimum absolute atomic E-state index is 0.0502. The predicted molar refractivity (Wildman–Crippen MR) is 112 cm³/mol. The van der Waals surface area contributed by atoms with Crippen LogP contribution in [0.2, 0.25) is 0 Å². The van der Waals surface area contributed by atoms with Gasteiger partial charge in [-0.1, -0.05) is 38.1 Å². The van der Waals surface area contributed by atoms with Crippen molar-refractivity contribution < 1.29 is 14.7 Å². The SMILES string of the molecule is CC(C)C1(C(=O)O)CCN(C(=O)Cn2c3ccccc3c(=O)c3ccccc32)C1. The Morgan fingerprint density at radius 1 is 1.03 bits per heavy atom. The van der Waals surface area contributed by atoms with Crippen molar-refractivity contribution in [3.63, 3.8) is 0 Å². The van der Waals surface area contributed by atoms with Crippen LogP contribution in [0.5, 0.6) is 0 Å². The van der Waals surface area contributed by atoms with E-state index in [9.17, 15) is 19.5 Å². The maximum Gasteiger partial charge on any atom is 0.311 e. The number of likely N-dealkylation sites (tertiary alicyclic amines) is 1. The zero-order chi connectivity index (χ0) is 20.8. The molecule has 150 valence electrons. The number of fused-ring (bicyclic) bond motifs is 2. The third kappa shape index (κ3) is 2.99. The van der Waals surface area contributed by atoms with Gasteiger partial charge in [-0.3, -0.25) is 14.4 Å². The summed E-state index contributed by atoms with van der Waals surface area (Å²) in [6.07, 6.45) is 0.456. The van der Waals surface area contributed by atoms with Crippen molar-refractivity contribution in [1.29, 1.82) is 0 Å². The Hall–Kier alpha value is -3.15. The van der Waals surface area contributed by atoms with Gasteiger partial charge in [0.1, 0.15) is 6.54 Å². The van der Waals surface area contributed by atoms with Gasteiger partial charge < -0.3 is 14.6 Å². The number of hydrogen-bond donors (Lipinski definition) is 1. The Balaban J connectivity index is 1.75. The largest absolute Gasteiger partial charge is 0.481 e. The van der Waals surface area contributed by atoms with Crippen LogP contribution in [-0.4, -0.2) is 39.5 Å². The molecule has 0 saturated carbocycles. The van der Waals surface area contributed by atoms with Gasteiger partial charge in [-0.25, -0.2) is 0 Å². The second-order valence-electron chi connectivity index (χ2n) is 8.13. The smallest absolute Gasteiger partial charge is 0.311 e. The molecular weight excluding hydrogens is 368 g/mol. The molecule has 1 atom stereocenters. The lowest BCUT2D eigenvalue weighted by Crippen LogP contribution is -2.41. The minimum Gasteiger partial charge on any atom is -0.481 e. The number of carboxylic acid groups (broad SMARTS) is 1. The third-order valence-electron chi connectivity index (χ3n) is 6.36. The molecule has 0 bridgehead atoms. The Kier molecular flexibility index (Phi) is 4.65. The maximum absolute atomic E-state index is 13.2. The van der Waals surface area contributed by atoms with Gasteiger partial charge in [0.05, 0.1) is 16.4 Å². The van der Waals surface area contributed by atoms with E-state index in [-0.39, 0.29) is 30.3 Å². The Morgan fingerprint density at radius 2 is 1.59 bits per heavy atom. The lowest BCUT2D eigenvalue weighted by Gasteiger charge is -2.29. The number of carbonyl (C=O) groups is 2. The molecule has 6 heteroatoms. The van der Waals surface area contributed by atoms with E-state index in [1.54, 1.807) is 17.0 Å². The molecular formula is C23H24N2O4. The fourth-order valence-electron chi connectivity index (χ4n) is 4.42. The molecule has 1 unspecified atom stereocenters. The summed E-state index contributed by atoms with van der Waals surface area (Å²) >= 11 is 0. The second kappa shape index (κ2) is 7.03. The molecule has 1 N–H and O–H groups in total. The molecule has 1 amide bonds. The number of hydrogen-bond acceptors (Lipinski definition) is 3. The number of pyridine rings is 1. The van der Waals surface area contributed by atoms with E-state index >= 15 is 0 Å². The van der Waals surface area contributed by atoms with Crippen LogP contribution in [-0.2, 0) is 16.1 Å². The number of aromatic nitrogens is 1. The summed E-state index contributed by atoms with van der Waals surface area (Å²) in [6.45, 7) is 4.50. The minimum atomic E-state index is -0.899. The molecule has 29 heavy (non-hydrogen) atoms. The lowest BCUT2D eigenvalue weighted by molar-refractivity contribution is -0.151. The van der Waals surface area contributed by atoms with Gasteiger partial charge in [-0.15, -0.1) is 0 Å². The normalized spacial score (nSPS) is 19.3. The van der Waals surface area contributed by atoms with Gasteiger partial charge in [-0.2, -0.15) is 0 Å². The Morgan fingerprint density at radius 3 is 2.07 bits per heavy atom. The molecule has 1 aliphatic rings. The lowest BCUT2D eigenvalue weighted by atomic mass is 9.76. The van der Waals surface area contributed by atoms with Crippen molar-refractivity contribution in [2.45, 2.75) is 26.8 Å².